The summed E-state index contributed by atoms with van der Waals surface area (Å²) in [6.45, 7) is 3.97. The zero-order valence-corrected chi connectivity index (χ0v) is 16.7. The van der Waals surface area contributed by atoms with Gasteiger partial charge in [0.2, 0.25) is 0 Å². The number of hydrogen-bond donors (Lipinski definition) is 1. The number of Topliss-reactive ketones (excluding diaryl/α,β-unsaturated/α-hetero) is 1. The van der Waals surface area contributed by atoms with Gasteiger partial charge in [-0.25, -0.2) is 0 Å². The number of nitrogens with zero attached hydrogens (tertiary/aromatic N) is 3. The number of benzene rings is 1. The highest BCUT2D eigenvalue weighted by Gasteiger charge is 2.46. The number of aliphatic hydroxyl groups excluding tert-OH is 1. The van der Waals surface area contributed by atoms with Gasteiger partial charge in [-0.15, -0.1) is 0 Å². The Bertz CT molecular complexity index is 1140. The minimum Gasteiger partial charge on any atom is -0.507 e. The van der Waals surface area contributed by atoms with Crippen LogP contribution >= 0.6 is 0 Å². The van der Waals surface area contributed by atoms with E-state index in [1.807, 2.05) is 38.1 Å². The van der Waals surface area contributed by atoms with Gasteiger partial charge in [0.05, 0.1) is 11.6 Å². The van der Waals surface area contributed by atoms with Crippen molar-refractivity contribution in [3.63, 3.8) is 0 Å². The Kier molecular flexibility index (Phi) is 5.14. The fraction of sp³-hybridized carbons (Fsp3) is 0.167. The predicted molar refractivity (Wildman–Crippen MR) is 112 cm³/mol. The summed E-state index contributed by atoms with van der Waals surface area (Å²) in [5.41, 5.74) is 3.84. The smallest absolute Gasteiger partial charge is 0.295 e. The van der Waals surface area contributed by atoms with E-state index in [2.05, 4.69) is 9.97 Å². The molecule has 1 aromatic carbocycles. The van der Waals surface area contributed by atoms with Crippen LogP contribution in [0.2, 0.25) is 0 Å². The van der Waals surface area contributed by atoms with Gasteiger partial charge in [-0.05, 0) is 48.7 Å². The molecule has 1 saturated heterocycles. The summed E-state index contributed by atoms with van der Waals surface area (Å²) < 4.78 is 0. The Morgan fingerprint density at radius 3 is 2.43 bits per heavy atom. The van der Waals surface area contributed by atoms with Gasteiger partial charge >= 0.3 is 0 Å². The maximum Gasteiger partial charge on any atom is 0.295 e. The largest absolute Gasteiger partial charge is 0.507 e. The van der Waals surface area contributed by atoms with Gasteiger partial charge in [-0.2, -0.15) is 0 Å². The standard InChI is InChI=1S/C24H21N3O3/c1-15-7-8-16(2)19(11-15)22(28)20-21(18-6-4-10-26-13-18)27(24(30)23(20)29)14-17-5-3-9-25-12-17/h3-13,21,28H,14H2,1-2H3. The van der Waals surface area contributed by atoms with E-state index in [0.29, 0.717) is 11.1 Å². The minimum atomic E-state index is -0.737. The van der Waals surface area contributed by atoms with Crippen molar-refractivity contribution >= 4 is 17.4 Å². The number of hydrogen-bond acceptors (Lipinski definition) is 5. The van der Waals surface area contributed by atoms with E-state index in [0.717, 1.165) is 16.7 Å². The van der Waals surface area contributed by atoms with Crippen molar-refractivity contribution in [2.45, 2.75) is 26.4 Å². The number of ketones is 1. The molecular weight excluding hydrogens is 378 g/mol. The molecule has 1 unspecified atom stereocenters. The number of amides is 1. The van der Waals surface area contributed by atoms with Gasteiger partial charge < -0.3 is 10.0 Å². The molecule has 0 radical (unpaired) electrons. The highest BCUT2D eigenvalue weighted by Crippen LogP contribution is 2.40. The zero-order valence-electron chi connectivity index (χ0n) is 16.7. The SMILES string of the molecule is Cc1ccc(C)c(C(O)=C2C(=O)C(=O)N(Cc3cccnc3)C2c2cccnc2)c1. The van der Waals surface area contributed by atoms with E-state index in [4.69, 9.17) is 0 Å². The highest BCUT2D eigenvalue weighted by atomic mass is 16.3. The summed E-state index contributed by atoms with van der Waals surface area (Å²) in [5, 5.41) is 11.2. The van der Waals surface area contributed by atoms with Crippen LogP contribution in [0.25, 0.3) is 5.76 Å². The molecular formula is C24H21N3O3. The molecule has 0 saturated carbocycles. The lowest BCUT2D eigenvalue weighted by Gasteiger charge is -2.25. The average molecular weight is 399 g/mol. The molecule has 0 spiro atoms. The molecule has 30 heavy (non-hydrogen) atoms. The normalized spacial score (nSPS) is 18.1. The Morgan fingerprint density at radius 2 is 1.77 bits per heavy atom. The maximum absolute atomic E-state index is 13.1. The topological polar surface area (TPSA) is 83.4 Å². The Labute approximate surface area is 174 Å². The molecule has 1 atom stereocenters. The lowest BCUT2D eigenvalue weighted by atomic mass is 9.94. The third-order valence-corrected chi connectivity index (χ3v) is 5.26. The van der Waals surface area contributed by atoms with Crippen molar-refractivity contribution < 1.29 is 14.7 Å². The second kappa shape index (κ2) is 7.91. The first kappa shape index (κ1) is 19.5. The summed E-state index contributed by atoms with van der Waals surface area (Å²) in [5.74, 6) is -1.53. The van der Waals surface area contributed by atoms with Gasteiger partial charge in [0.1, 0.15) is 5.76 Å². The predicted octanol–water partition coefficient (Wildman–Crippen LogP) is 3.72. The van der Waals surface area contributed by atoms with E-state index in [1.54, 1.807) is 43.0 Å². The lowest BCUT2D eigenvalue weighted by molar-refractivity contribution is -0.140. The summed E-state index contributed by atoms with van der Waals surface area (Å²) in [7, 11) is 0. The third-order valence-electron chi connectivity index (χ3n) is 5.26. The molecule has 3 heterocycles. The quantitative estimate of drug-likeness (QED) is 0.411. The summed E-state index contributed by atoms with van der Waals surface area (Å²) in [6.07, 6.45) is 6.55. The highest BCUT2D eigenvalue weighted by molar-refractivity contribution is 6.46. The van der Waals surface area contributed by atoms with Crippen LogP contribution in [0.5, 0.6) is 0 Å². The molecule has 4 rings (SSSR count). The van der Waals surface area contributed by atoms with Crippen LogP contribution in [-0.2, 0) is 16.1 Å². The Balaban J connectivity index is 1.89. The Morgan fingerprint density at radius 1 is 1.03 bits per heavy atom. The van der Waals surface area contributed by atoms with E-state index in [1.165, 1.54) is 4.90 Å². The summed E-state index contributed by atoms with van der Waals surface area (Å²) in [6, 6.07) is 12.1. The first-order valence-electron chi connectivity index (χ1n) is 9.62. The van der Waals surface area contributed by atoms with Gasteiger partial charge in [-0.1, -0.05) is 29.8 Å². The number of aromatic nitrogens is 2. The van der Waals surface area contributed by atoms with Gasteiger partial charge in [0.25, 0.3) is 11.7 Å². The van der Waals surface area contributed by atoms with Crippen LogP contribution < -0.4 is 0 Å². The van der Waals surface area contributed by atoms with E-state index < -0.39 is 17.7 Å². The lowest BCUT2D eigenvalue weighted by Crippen LogP contribution is -2.29. The van der Waals surface area contributed by atoms with Crippen molar-refractivity contribution in [1.82, 2.24) is 14.9 Å². The molecule has 0 aliphatic carbocycles. The number of pyridine rings is 2. The molecule has 1 aliphatic heterocycles. The van der Waals surface area contributed by atoms with Crippen LogP contribution in [-0.4, -0.2) is 31.7 Å². The molecule has 6 heteroatoms. The second-order valence-corrected chi connectivity index (χ2v) is 7.39. The molecule has 1 fully saturated rings. The molecule has 3 aromatic rings. The maximum atomic E-state index is 13.1. The van der Waals surface area contributed by atoms with Crippen LogP contribution in [0.15, 0.2) is 72.8 Å². The van der Waals surface area contributed by atoms with E-state index in [9.17, 15) is 14.7 Å². The van der Waals surface area contributed by atoms with E-state index >= 15 is 0 Å². The molecule has 1 N–H and O–H groups in total. The third kappa shape index (κ3) is 3.48. The van der Waals surface area contributed by atoms with Crippen molar-refractivity contribution in [3.05, 3.63) is 101 Å². The second-order valence-electron chi connectivity index (χ2n) is 7.39. The van der Waals surface area contributed by atoms with Crippen LogP contribution in [0.3, 0.4) is 0 Å². The average Bonchev–Trinajstić information content (AvgIpc) is 3.01. The number of rotatable bonds is 4. The van der Waals surface area contributed by atoms with E-state index in [-0.39, 0.29) is 17.9 Å². The molecule has 150 valence electrons. The molecule has 6 nitrogen and oxygen atoms in total. The zero-order chi connectivity index (χ0) is 21.3. The fourth-order valence-corrected chi connectivity index (χ4v) is 3.75. The van der Waals surface area contributed by atoms with Crippen molar-refractivity contribution in [2.24, 2.45) is 0 Å². The van der Waals surface area contributed by atoms with Crippen molar-refractivity contribution in [2.75, 3.05) is 0 Å². The number of carbonyl (C=O) groups is 2. The Hall–Kier alpha value is -3.80. The van der Waals surface area contributed by atoms with Crippen molar-refractivity contribution in [3.8, 4) is 0 Å². The van der Waals surface area contributed by atoms with Crippen LogP contribution in [0.4, 0.5) is 0 Å². The molecule has 2 aromatic heterocycles. The first-order valence-corrected chi connectivity index (χ1v) is 9.62. The summed E-state index contributed by atoms with van der Waals surface area (Å²) in [4.78, 5) is 35.8. The van der Waals surface area contributed by atoms with Crippen LogP contribution in [0.1, 0.15) is 33.9 Å². The molecule has 1 aliphatic rings. The first-order chi connectivity index (χ1) is 14.5. The number of aliphatic hydroxyl groups is 1. The fourth-order valence-electron chi connectivity index (χ4n) is 3.75. The summed E-state index contributed by atoms with van der Waals surface area (Å²) >= 11 is 0. The van der Waals surface area contributed by atoms with Gasteiger partial charge in [0.15, 0.2) is 0 Å². The monoisotopic (exact) mass is 399 g/mol. The van der Waals surface area contributed by atoms with Crippen molar-refractivity contribution in [1.29, 1.82) is 0 Å². The molecule has 0 bridgehead atoms. The number of carbonyl (C=O) groups excluding carboxylic acids is 2. The number of likely N-dealkylation sites (tertiary alicyclic amines) is 1. The minimum absolute atomic E-state index is 0.0746. The van der Waals surface area contributed by atoms with Gasteiger partial charge in [0, 0.05) is 36.9 Å². The molecule has 1 amide bonds. The van der Waals surface area contributed by atoms with Crippen LogP contribution in [0, 0.1) is 13.8 Å². The van der Waals surface area contributed by atoms with Gasteiger partial charge in [-0.3, -0.25) is 19.6 Å². The number of aryl methyl sites for hydroxylation is 2.